The van der Waals surface area contributed by atoms with Gasteiger partial charge in [-0.3, -0.25) is 4.79 Å². The second-order valence-electron chi connectivity index (χ2n) is 4.13. The lowest BCUT2D eigenvalue weighted by molar-refractivity contribution is -0.142. The highest BCUT2D eigenvalue weighted by atomic mass is 19.1. The molecular formula is C14H15FN2O2. The Morgan fingerprint density at radius 2 is 2.05 bits per heavy atom. The number of rotatable bonds is 5. The van der Waals surface area contributed by atoms with Crippen molar-refractivity contribution in [3.63, 3.8) is 0 Å². The number of carbonyl (C=O) groups is 1. The highest BCUT2D eigenvalue weighted by molar-refractivity contribution is 5.71. The Labute approximate surface area is 110 Å². The summed E-state index contributed by atoms with van der Waals surface area (Å²) < 4.78 is 19.4. The second-order valence-corrected chi connectivity index (χ2v) is 4.13. The average Bonchev–Trinajstić information content (AvgIpc) is 2.85. The third-order valence-corrected chi connectivity index (χ3v) is 2.53. The predicted molar refractivity (Wildman–Crippen MR) is 68.5 cm³/mol. The molecule has 0 saturated carbocycles. The maximum atomic E-state index is 12.8. The Hall–Kier alpha value is -2.17. The predicted octanol–water partition coefficient (Wildman–Crippen LogP) is 2.51. The van der Waals surface area contributed by atoms with Crippen LogP contribution in [0, 0.1) is 5.82 Å². The first-order valence-corrected chi connectivity index (χ1v) is 6.15. The van der Waals surface area contributed by atoms with E-state index < -0.39 is 0 Å². The minimum Gasteiger partial charge on any atom is -0.465 e. The summed E-state index contributed by atoms with van der Waals surface area (Å²) in [6.07, 6.45) is 2.68. The molecular weight excluding hydrogens is 247 g/mol. The summed E-state index contributed by atoms with van der Waals surface area (Å²) in [4.78, 5) is 11.4. The number of ether oxygens (including phenoxy) is 1. The molecule has 1 heterocycles. The van der Waals surface area contributed by atoms with Crippen LogP contribution in [-0.2, 0) is 16.0 Å². The Bertz CT molecular complexity index is 549. The molecule has 0 N–H and O–H groups in total. The van der Waals surface area contributed by atoms with Gasteiger partial charge in [0, 0.05) is 6.20 Å². The van der Waals surface area contributed by atoms with Crippen LogP contribution in [0.4, 0.5) is 4.39 Å². The Morgan fingerprint density at radius 3 is 2.74 bits per heavy atom. The van der Waals surface area contributed by atoms with E-state index in [0.29, 0.717) is 12.3 Å². The van der Waals surface area contributed by atoms with E-state index in [2.05, 4.69) is 5.10 Å². The second kappa shape index (κ2) is 6.13. The normalized spacial score (nSPS) is 10.4. The number of hydrogen-bond donors (Lipinski definition) is 0. The zero-order chi connectivity index (χ0) is 13.7. The number of nitrogens with zero attached hydrogens (tertiary/aromatic N) is 2. The van der Waals surface area contributed by atoms with Gasteiger partial charge in [0.25, 0.3) is 0 Å². The third-order valence-electron chi connectivity index (χ3n) is 2.53. The molecule has 0 radical (unpaired) electrons. The lowest BCUT2D eigenvalue weighted by Gasteiger charge is -2.02. The first-order chi connectivity index (χ1) is 9.19. The van der Waals surface area contributed by atoms with Crippen molar-refractivity contribution in [3.05, 3.63) is 48.0 Å². The van der Waals surface area contributed by atoms with Gasteiger partial charge >= 0.3 is 5.97 Å². The van der Waals surface area contributed by atoms with Gasteiger partial charge in [-0.25, -0.2) is 9.07 Å². The van der Waals surface area contributed by atoms with Gasteiger partial charge in [0.1, 0.15) is 5.82 Å². The summed E-state index contributed by atoms with van der Waals surface area (Å²) in [5, 5.41) is 4.25. The summed E-state index contributed by atoms with van der Waals surface area (Å²) in [7, 11) is 0. The van der Waals surface area contributed by atoms with Crippen LogP contribution in [-0.4, -0.2) is 22.4 Å². The topological polar surface area (TPSA) is 44.1 Å². The van der Waals surface area contributed by atoms with Gasteiger partial charge < -0.3 is 4.74 Å². The van der Waals surface area contributed by atoms with Crippen molar-refractivity contribution in [2.75, 3.05) is 6.61 Å². The van der Waals surface area contributed by atoms with E-state index in [9.17, 15) is 9.18 Å². The maximum absolute atomic E-state index is 12.8. The molecule has 2 rings (SSSR count). The molecule has 100 valence electrons. The van der Waals surface area contributed by atoms with Crippen molar-refractivity contribution in [1.82, 2.24) is 9.78 Å². The summed E-state index contributed by atoms with van der Waals surface area (Å²) in [5.41, 5.74) is 1.38. The van der Waals surface area contributed by atoms with Gasteiger partial charge in [0.15, 0.2) is 0 Å². The summed E-state index contributed by atoms with van der Waals surface area (Å²) in [6, 6.07) is 7.73. The Morgan fingerprint density at radius 1 is 1.32 bits per heavy atom. The zero-order valence-electron chi connectivity index (χ0n) is 10.7. The van der Waals surface area contributed by atoms with Gasteiger partial charge in [-0.15, -0.1) is 0 Å². The van der Waals surface area contributed by atoms with Crippen LogP contribution in [0.25, 0.3) is 5.69 Å². The van der Waals surface area contributed by atoms with Crippen molar-refractivity contribution in [3.8, 4) is 5.69 Å². The van der Waals surface area contributed by atoms with Crippen LogP contribution in [0.1, 0.15) is 19.0 Å². The minimum atomic E-state index is -0.292. The highest BCUT2D eigenvalue weighted by Crippen LogP contribution is 2.09. The van der Waals surface area contributed by atoms with Crippen LogP contribution >= 0.6 is 0 Å². The van der Waals surface area contributed by atoms with Gasteiger partial charge in [0.05, 0.1) is 24.4 Å². The summed E-state index contributed by atoms with van der Waals surface area (Å²) >= 11 is 0. The first kappa shape index (κ1) is 13.3. The number of hydrogen-bond acceptors (Lipinski definition) is 3. The van der Waals surface area contributed by atoms with Crippen molar-refractivity contribution in [2.24, 2.45) is 0 Å². The molecule has 0 aliphatic rings. The van der Waals surface area contributed by atoms with Crippen molar-refractivity contribution in [2.45, 2.75) is 19.8 Å². The summed E-state index contributed by atoms with van der Waals surface area (Å²) in [5.74, 6) is -0.578. The molecule has 0 amide bonds. The molecule has 4 nitrogen and oxygen atoms in total. The van der Waals surface area contributed by atoms with Crippen LogP contribution in [0.2, 0.25) is 0 Å². The van der Waals surface area contributed by atoms with Gasteiger partial charge in [-0.2, -0.15) is 5.10 Å². The Balaban J connectivity index is 2.02. The van der Waals surface area contributed by atoms with Gasteiger partial charge in [-0.05, 0) is 36.8 Å². The van der Waals surface area contributed by atoms with E-state index in [1.807, 2.05) is 6.92 Å². The van der Waals surface area contributed by atoms with Crippen LogP contribution in [0.15, 0.2) is 36.5 Å². The molecule has 0 aliphatic heterocycles. The fourth-order valence-electron chi connectivity index (χ4n) is 1.61. The van der Waals surface area contributed by atoms with E-state index in [1.54, 1.807) is 29.1 Å². The minimum absolute atomic E-state index is 0.147. The molecule has 0 atom stereocenters. The highest BCUT2D eigenvalue weighted by Gasteiger charge is 2.08. The quantitative estimate of drug-likeness (QED) is 0.778. The van der Waals surface area contributed by atoms with Crippen LogP contribution < -0.4 is 0 Å². The molecule has 0 bridgehead atoms. The molecule has 19 heavy (non-hydrogen) atoms. The number of esters is 1. The van der Waals surface area contributed by atoms with E-state index in [-0.39, 0.29) is 18.2 Å². The van der Waals surface area contributed by atoms with Crippen molar-refractivity contribution < 1.29 is 13.9 Å². The lowest BCUT2D eigenvalue weighted by Crippen LogP contribution is -2.09. The van der Waals surface area contributed by atoms with Crippen LogP contribution in [0.5, 0.6) is 0 Å². The van der Waals surface area contributed by atoms with Crippen molar-refractivity contribution in [1.29, 1.82) is 0 Å². The van der Waals surface area contributed by atoms with E-state index in [0.717, 1.165) is 12.1 Å². The number of benzene rings is 1. The third kappa shape index (κ3) is 3.64. The molecule has 1 aromatic heterocycles. The van der Waals surface area contributed by atoms with E-state index in [4.69, 9.17) is 4.74 Å². The van der Waals surface area contributed by atoms with Gasteiger partial charge in [-0.1, -0.05) is 6.92 Å². The Kier molecular flexibility index (Phi) is 4.28. The average molecular weight is 262 g/mol. The molecule has 0 saturated heterocycles. The molecule has 5 heteroatoms. The standard InChI is InChI=1S/C14H15FN2O2/c1-2-9-19-14(18)10-12-7-8-17(16-12)13-5-3-11(15)4-6-13/h3-8H,2,9-10H2,1H3. The summed E-state index contributed by atoms with van der Waals surface area (Å²) in [6.45, 7) is 2.37. The van der Waals surface area contributed by atoms with Crippen molar-refractivity contribution >= 4 is 5.97 Å². The lowest BCUT2D eigenvalue weighted by atomic mass is 10.3. The monoisotopic (exact) mass is 262 g/mol. The fraction of sp³-hybridized carbons (Fsp3) is 0.286. The van der Waals surface area contributed by atoms with Gasteiger partial charge in [0.2, 0.25) is 0 Å². The molecule has 2 aromatic rings. The molecule has 0 fully saturated rings. The first-order valence-electron chi connectivity index (χ1n) is 6.15. The molecule has 0 unspecified atom stereocenters. The zero-order valence-corrected chi connectivity index (χ0v) is 10.7. The largest absolute Gasteiger partial charge is 0.465 e. The fourth-order valence-corrected chi connectivity index (χ4v) is 1.61. The SMILES string of the molecule is CCCOC(=O)Cc1ccn(-c2ccc(F)cc2)n1. The van der Waals surface area contributed by atoms with Crippen LogP contribution in [0.3, 0.4) is 0 Å². The number of aromatic nitrogens is 2. The molecule has 0 spiro atoms. The van der Waals surface area contributed by atoms with E-state index in [1.165, 1.54) is 12.1 Å². The smallest absolute Gasteiger partial charge is 0.311 e. The van der Waals surface area contributed by atoms with E-state index >= 15 is 0 Å². The maximum Gasteiger partial charge on any atom is 0.311 e. The molecule has 1 aromatic carbocycles. The number of carbonyl (C=O) groups excluding carboxylic acids is 1. The molecule has 0 aliphatic carbocycles. The number of halogens is 1.